The minimum atomic E-state index is -0.876. The topological polar surface area (TPSA) is 135 Å². The SMILES string of the molecule is O=C(CN1C(=O)c2cccc([N+](=O)[O-])c2C1=O)Nc1nnc(-c2cccs2)s1. The van der Waals surface area contributed by atoms with E-state index >= 15 is 0 Å². The highest BCUT2D eigenvalue weighted by Crippen LogP contribution is 2.31. The van der Waals surface area contributed by atoms with Crippen molar-refractivity contribution >= 4 is 51.2 Å². The van der Waals surface area contributed by atoms with Crippen LogP contribution in [0.4, 0.5) is 10.8 Å². The number of aromatic nitrogens is 2. The summed E-state index contributed by atoms with van der Waals surface area (Å²) in [4.78, 5) is 49.1. The molecule has 10 nitrogen and oxygen atoms in total. The Morgan fingerprint density at radius 1 is 1.18 bits per heavy atom. The van der Waals surface area contributed by atoms with Gasteiger partial charge in [0.25, 0.3) is 17.5 Å². The Balaban J connectivity index is 1.50. The van der Waals surface area contributed by atoms with E-state index in [0.29, 0.717) is 9.91 Å². The number of rotatable bonds is 5. The van der Waals surface area contributed by atoms with Crippen LogP contribution in [0.3, 0.4) is 0 Å². The van der Waals surface area contributed by atoms with E-state index in [1.54, 1.807) is 0 Å². The van der Waals surface area contributed by atoms with Gasteiger partial charge in [-0.1, -0.05) is 23.5 Å². The molecule has 3 aromatic rings. The molecule has 1 aliphatic rings. The minimum absolute atomic E-state index is 0.0945. The summed E-state index contributed by atoms with van der Waals surface area (Å²) in [6, 6.07) is 7.50. The molecular formula is C16H9N5O5S2. The van der Waals surface area contributed by atoms with Gasteiger partial charge in [-0.25, -0.2) is 0 Å². The lowest BCUT2D eigenvalue weighted by atomic mass is 10.1. The number of carbonyl (C=O) groups excluding carboxylic acids is 3. The molecule has 2 aromatic heterocycles. The van der Waals surface area contributed by atoms with Crippen LogP contribution in [0.25, 0.3) is 9.88 Å². The van der Waals surface area contributed by atoms with Gasteiger partial charge >= 0.3 is 0 Å². The van der Waals surface area contributed by atoms with Crippen LogP contribution >= 0.6 is 22.7 Å². The smallest absolute Gasteiger partial charge is 0.282 e. The van der Waals surface area contributed by atoms with Gasteiger partial charge in [0, 0.05) is 6.07 Å². The maximum absolute atomic E-state index is 12.5. The molecule has 0 saturated heterocycles. The third kappa shape index (κ3) is 3.04. The fourth-order valence-corrected chi connectivity index (χ4v) is 4.24. The van der Waals surface area contributed by atoms with Crippen LogP contribution in [0.2, 0.25) is 0 Å². The molecule has 0 radical (unpaired) electrons. The van der Waals surface area contributed by atoms with E-state index in [1.807, 2.05) is 17.5 Å². The van der Waals surface area contributed by atoms with Crippen LogP contribution in [0.5, 0.6) is 0 Å². The van der Waals surface area contributed by atoms with Crippen LogP contribution in [0.15, 0.2) is 35.7 Å². The number of hydrogen-bond acceptors (Lipinski definition) is 9. The Kier molecular flexibility index (Phi) is 4.41. The Hall–Kier alpha value is -3.51. The number of carbonyl (C=O) groups is 3. The summed E-state index contributed by atoms with van der Waals surface area (Å²) >= 11 is 2.62. The summed E-state index contributed by atoms with van der Waals surface area (Å²) in [5.41, 5.74) is -0.868. The van der Waals surface area contributed by atoms with Crippen LogP contribution in [-0.2, 0) is 4.79 Å². The molecule has 0 saturated carbocycles. The van der Waals surface area contributed by atoms with Crippen molar-refractivity contribution < 1.29 is 19.3 Å². The quantitative estimate of drug-likeness (QED) is 0.384. The zero-order valence-electron chi connectivity index (χ0n) is 13.8. The van der Waals surface area contributed by atoms with Crippen molar-refractivity contribution in [2.24, 2.45) is 0 Å². The molecule has 1 N–H and O–H groups in total. The van der Waals surface area contributed by atoms with E-state index in [2.05, 4.69) is 15.5 Å². The molecule has 1 aromatic carbocycles. The highest BCUT2D eigenvalue weighted by Gasteiger charge is 2.41. The van der Waals surface area contributed by atoms with E-state index < -0.39 is 34.9 Å². The summed E-state index contributed by atoms with van der Waals surface area (Å²) in [6.45, 7) is -0.586. The number of nitrogens with one attached hydrogen (secondary N) is 1. The first-order valence-corrected chi connectivity index (χ1v) is 9.46. The van der Waals surface area contributed by atoms with Crippen molar-refractivity contribution in [2.75, 3.05) is 11.9 Å². The number of benzene rings is 1. The molecule has 0 fully saturated rings. The van der Waals surface area contributed by atoms with Crippen molar-refractivity contribution in [3.63, 3.8) is 0 Å². The maximum Gasteiger partial charge on any atom is 0.282 e. The van der Waals surface area contributed by atoms with E-state index in [-0.39, 0.29) is 16.3 Å². The van der Waals surface area contributed by atoms with Gasteiger partial charge in [-0.3, -0.25) is 34.7 Å². The largest absolute Gasteiger partial charge is 0.299 e. The standard InChI is InChI=1S/C16H9N5O5S2/c22-11(17-16-19-18-13(28-16)10-5-2-6-27-10)7-20-14(23)8-3-1-4-9(21(25)26)12(8)15(20)24/h1-6H,7H2,(H,17,19,22). The molecule has 0 spiro atoms. The van der Waals surface area contributed by atoms with Gasteiger partial charge in [-0.05, 0) is 17.5 Å². The predicted molar refractivity (Wildman–Crippen MR) is 100 cm³/mol. The molecule has 1 aliphatic heterocycles. The van der Waals surface area contributed by atoms with E-state index in [1.165, 1.54) is 23.5 Å². The summed E-state index contributed by atoms with van der Waals surface area (Å²) in [7, 11) is 0. The molecule has 12 heteroatoms. The number of nitro benzene ring substituents is 1. The number of anilines is 1. The molecule has 28 heavy (non-hydrogen) atoms. The molecule has 0 bridgehead atoms. The Labute approximate surface area is 164 Å². The predicted octanol–water partition coefficient (Wildman–Crippen LogP) is 2.41. The summed E-state index contributed by atoms with van der Waals surface area (Å²) in [6.07, 6.45) is 0. The highest BCUT2D eigenvalue weighted by atomic mass is 32.1. The number of imide groups is 1. The first-order valence-electron chi connectivity index (χ1n) is 7.76. The Morgan fingerprint density at radius 2 is 2.00 bits per heavy atom. The van der Waals surface area contributed by atoms with E-state index in [0.717, 1.165) is 22.3 Å². The second kappa shape index (κ2) is 6.90. The fourth-order valence-electron chi connectivity index (χ4n) is 2.69. The van der Waals surface area contributed by atoms with Crippen molar-refractivity contribution in [1.29, 1.82) is 0 Å². The number of thiophene rings is 1. The lowest BCUT2D eigenvalue weighted by Gasteiger charge is -2.12. The summed E-state index contributed by atoms with van der Waals surface area (Å²) < 4.78 is 0. The second-order valence-electron chi connectivity index (χ2n) is 5.59. The zero-order valence-corrected chi connectivity index (χ0v) is 15.5. The highest BCUT2D eigenvalue weighted by molar-refractivity contribution is 7.23. The summed E-state index contributed by atoms with van der Waals surface area (Å²) in [5, 5.41) is 24.2. The van der Waals surface area contributed by atoms with Crippen molar-refractivity contribution in [3.05, 3.63) is 57.0 Å². The molecular weight excluding hydrogens is 406 g/mol. The van der Waals surface area contributed by atoms with Crippen molar-refractivity contribution in [2.45, 2.75) is 0 Å². The molecule has 3 heterocycles. The monoisotopic (exact) mass is 415 g/mol. The van der Waals surface area contributed by atoms with E-state index in [9.17, 15) is 24.5 Å². The first kappa shape index (κ1) is 17.9. The molecule has 0 unspecified atom stereocenters. The minimum Gasteiger partial charge on any atom is -0.299 e. The number of nitro groups is 1. The average Bonchev–Trinajstić information content (AvgIpc) is 3.39. The second-order valence-corrected chi connectivity index (χ2v) is 7.52. The molecule has 0 atom stereocenters. The molecule has 3 amide bonds. The number of fused-ring (bicyclic) bond motifs is 1. The van der Waals surface area contributed by atoms with Crippen LogP contribution < -0.4 is 5.32 Å². The Bertz CT molecular complexity index is 1120. The first-order chi connectivity index (χ1) is 13.5. The van der Waals surface area contributed by atoms with Gasteiger partial charge < -0.3 is 0 Å². The third-order valence-electron chi connectivity index (χ3n) is 3.88. The van der Waals surface area contributed by atoms with Crippen molar-refractivity contribution in [1.82, 2.24) is 15.1 Å². The number of amides is 3. The Morgan fingerprint density at radius 3 is 2.71 bits per heavy atom. The number of hydrogen-bond donors (Lipinski definition) is 1. The van der Waals surface area contributed by atoms with Crippen LogP contribution in [0, 0.1) is 10.1 Å². The fraction of sp³-hybridized carbons (Fsp3) is 0.0625. The zero-order chi connectivity index (χ0) is 19.8. The number of nitrogens with zero attached hydrogens (tertiary/aromatic N) is 4. The summed E-state index contributed by atoms with van der Waals surface area (Å²) in [5.74, 6) is -2.29. The van der Waals surface area contributed by atoms with Crippen LogP contribution in [-0.4, -0.2) is 44.3 Å². The molecule has 0 aliphatic carbocycles. The maximum atomic E-state index is 12.5. The van der Waals surface area contributed by atoms with Gasteiger partial charge in [0.1, 0.15) is 12.1 Å². The third-order valence-corrected chi connectivity index (χ3v) is 5.76. The van der Waals surface area contributed by atoms with Gasteiger partial charge in [-0.2, -0.15) is 0 Å². The van der Waals surface area contributed by atoms with Gasteiger partial charge in [0.2, 0.25) is 11.0 Å². The molecule has 4 rings (SSSR count). The molecule has 140 valence electrons. The van der Waals surface area contributed by atoms with Crippen molar-refractivity contribution in [3.8, 4) is 9.88 Å². The average molecular weight is 415 g/mol. The normalized spacial score (nSPS) is 12.9. The van der Waals surface area contributed by atoms with Gasteiger partial charge in [0.15, 0.2) is 5.01 Å². The van der Waals surface area contributed by atoms with E-state index in [4.69, 9.17) is 0 Å². The van der Waals surface area contributed by atoms with Gasteiger partial charge in [0.05, 0.1) is 15.4 Å². The lowest BCUT2D eigenvalue weighted by Crippen LogP contribution is -2.37. The van der Waals surface area contributed by atoms with Gasteiger partial charge in [-0.15, -0.1) is 21.5 Å². The van der Waals surface area contributed by atoms with Crippen LogP contribution in [0.1, 0.15) is 20.7 Å². The lowest BCUT2D eigenvalue weighted by molar-refractivity contribution is -0.385.